The van der Waals surface area contributed by atoms with Gasteiger partial charge in [-0.05, 0) is 35.4 Å². The van der Waals surface area contributed by atoms with Crippen molar-refractivity contribution in [2.24, 2.45) is 0 Å². The Bertz CT molecular complexity index is 1040. The molecule has 3 aromatic rings. The zero-order chi connectivity index (χ0) is 19.9. The molecule has 0 atom stereocenters. The second kappa shape index (κ2) is 8.97. The molecule has 2 amide bonds. The van der Waals surface area contributed by atoms with E-state index in [0.717, 1.165) is 27.1 Å². The molecule has 1 heterocycles. The van der Waals surface area contributed by atoms with E-state index in [9.17, 15) is 9.59 Å². The molecule has 2 aromatic carbocycles. The Kier molecular flexibility index (Phi) is 6.19. The standard InChI is InChI=1S/C20H18N4O3S/c1-27-15-5-2-13(3-6-15)14-4-7-16-17(10-14)28-20(24-16)11-18(25)23-12-19(26)22-9-8-21/h2-7,10H,9,11-12H2,1H3,(H,22,26)(H,23,25). The first kappa shape index (κ1) is 19.3. The van der Waals surface area contributed by atoms with Gasteiger partial charge in [-0.25, -0.2) is 4.98 Å². The Morgan fingerprint density at radius 2 is 1.86 bits per heavy atom. The number of ether oxygens (including phenoxy) is 1. The van der Waals surface area contributed by atoms with Crippen LogP contribution in [0.1, 0.15) is 5.01 Å². The van der Waals surface area contributed by atoms with E-state index in [0.29, 0.717) is 5.01 Å². The fourth-order valence-corrected chi connectivity index (χ4v) is 3.60. The van der Waals surface area contributed by atoms with Gasteiger partial charge >= 0.3 is 0 Å². The van der Waals surface area contributed by atoms with Crippen LogP contribution < -0.4 is 15.4 Å². The van der Waals surface area contributed by atoms with E-state index in [1.807, 2.05) is 42.5 Å². The van der Waals surface area contributed by atoms with Crippen molar-refractivity contribution in [1.82, 2.24) is 15.6 Å². The lowest BCUT2D eigenvalue weighted by Gasteiger charge is -2.03. The minimum Gasteiger partial charge on any atom is -0.497 e. The number of carbonyl (C=O) groups excluding carboxylic acids is 2. The molecule has 0 fully saturated rings. The molecule has 1 aromatic heterocycles. The molecule has 0 radical (unpaired) electrons. The number of fused-ring (bicyclic) bond motifs is 1. The van der Waals surface area contributed by atoms with Crippen molar-refractivity contribution in [3.8, 4) is 22.9 Å². The second-order valence-corrected chi connectivity index (χ2v) is 7.02. The number of nitrogens with one attached hydrogen (secondary N) is 2. The number of methoxy groups -OCH3 is 1. The summed E-state index contributed by atoms with van der Waals surface area (Å²) >= 11 is 1.45. The molecule has 0 unspecified atom stereocenters. The van der Waals surface area contributed by atoms with Crippen LogP contribution in [0, 0.1) is 11.3 Å². The average molecular weight is 394 g/mol. The summed E-state index contributed by atoms with van der Waals surface area (Å²) in [6, 6.07) is 15.6. The number of hydrogen-bond acceptors (Lipinski definition) is 6. The normalized spacial score (nSPS) is 10.3. The molecule has 3 rings (SSSR count). The van der Waals surface area contributed by atoms with Gasteiger partial charge in [0.2, 0.25) is 11.8 Å². The highest BCUT2D eigenvalue weighted by Crippen LogP contribution is 2.29. The van der Waals surface area contributed by atoms with Crippen molar-refractivity contribution >= 4 is 33.4 Å². The van der Waals surface area contributed by atoms with Gasteiger partial charge in [-0.1, -0.05) is 18.2 Å². The van der Waals surface area contributed by atoms with Gasteiger partial charge in [0.05, 0.1) is 36.4 Å². The van der Waals surface area contributed by atoms with Gasteiger partial charge in [0.25, 0.3) is 0 Å². The van der Waals surface area contributed by atoms with Gasteiger partial charge in [-0.3, -0.25) is 9.59 Å². The molecular formula is C20H18N4O3S. The summed E-state index contributed by atoms with van der Waals surface area (Å²) in [5.74, 6) is 0.113. The van der Waals surface area contributed by atoms with E-state index >= 15 is 0 Å². The number of benzene rings is 2. The summed E-state index contributed by atoms with van der Waals surface area (Å²) in [5.41, 5.74) is 2.96. The van der Waals surface area contributed by atoms with Crippen molar-refractivity contribution in [1.29, 1.82) is 5.26 Å². The third-order valence-electron chi connectivity index (χ3n) is 3.98. The average Bonchev–Trinajstić information content (AvgIpc) is 3.12. The minimum absolute atomic E-state index is 0.0803. The van der Waals surface area contributed by atoms with Crippen LogP contribution in [-0.4, -0.2) is 37.0 Å². The molecule has 0 spiro atoms. The maximum Gasteiger partial charge on any atom is 0.240 e. The Balaban J connectivity index is 1.66. The third kappa shape index (κ3) is 4.84. The number of rotatable bonds is 7. The largest absolute Gasteiger partial charge is 0.497 e. The predicted molar refractivity (Wildman–Crippen MR) is 107 cm³/mol. The van der Waals surface area contributed by atoms with E-state index in [1.165, 1.54) is 11.3 Å². The second-order valence-electron chi connectivity index (χ2n) is 5.91. The quantitative estimate of drug-likeness (QED) is 0.598. The van der Waals surface area contributed by atoms with Crippen molar-refractivity contribution in [3.63, 3.8) is 0 Å². The first-order valence-electron chi connectivity index (χ1n) is 8.53. The minimum atomic E-state index is -0.400. The topological polar surface area (TPSA) is 104 Å². The molecular weight excluding hydrogens is 376 g/mol. The first-order valence-corrected chi connectivity index (χ1v) is 9.35. The molecule has 0 aliphatic rings. The molecule has 8 heteroatoms. The first-order chi connectivity index (χ1) is 13.6. The third-order valence-corrected chi connectivity index (χ3v) is 5.00. The Hall–Kier alpha value is -3.44. The Labute approximate surface area is 166 Å². The molecule has 2 N–H and O–H groups in total. The molecule has 0 saturated heterocycles. The molecule has 0 bridgehead atoms. The van der Waals surface area contributed by atoms with Crippen LogP contribution in [0.2, 0.25) is 0 Å². The maximum absolute atomic E-state index is 12.0. The van der Waals surface area contributed by atoms with E-state index in [2.05, 4.69) is 15.6 Å². The van der Waals surface area contributed by atoms with E-state index in [-0.39, 0.29) is 25.4 Å². The summed E-state index contributed by atoms with van der Waals surface area (Å²) in [6.45, 7) is -0.240. The SMILES string of the molecule is COc1ccc(-c2ccc3nc(CC(=O)NCC(=O)NCC#N)sc3c2)cc1. The molecule has 28 heavy (non-hydrogen) atoms. The van der Waals surface area contributed by atoms with Gasteiger partial charge in [-0.2, -0.15) is 5.26 Å². The zero-order valence-electron chi connectivity index (χ0n) is 15.2. The fraction of sp³-hybridized carbons (Fsp3) is 0.200. The molecule has 7 nitrogen and oxygen atoms in total. The van der Waals surface area contributed by atoms with Crippen LogP contribution in [0.15, 0.2) is 42.5 Å². The van der Waals surface area contributed by atoms with Gasteiger partial charge in [0.15, 0.2) is 0 Å². The van der Waals surface area contributed by atoms with Crippen LogP contribution >= 0.6 is 11.3 Å². The summed E-state index contributed by atoms with van der Waals surface area (Å²) in [7, 11) is 1.63. The lowest BCUT2D eigenvalue weighted by molar-refractivity contribution is -0.125. The number of amides is 2. The smallest absolute Gasteiger partial charge is 0.240 e. The molecule has 142 valence electrons. The molecule has 0 aliphatic heterocycles. The van der Waals surface area contributed by atoms with Crippen LogP contribution in [0.3, 0.4) is 0 Å². The highest BCUT2D eigenvalue weighted by atomic mass is 32.1. The number of aromatic nitrogens is 1. The van der Waals surface area contributed by atoms with Crippen LogP contribution in [0.4, 0.5) is 0 Å². The van der Waals surface area contributed by atoms with Gasteiger partial charge < -0.3 is 15.4 Å². The van der Waals surface area contributed by atoms with Crippen molar-refractivity contribution in [2.45, 2.75) is 6.42 Å². The van der Waals surface area contributed by atoms with Crippen molar-refractivity contribution in [2.75, 3.05) is 20.2 Å². The van der Waals surface area contributed by atoms with E-state index in [1.54, 1.807) is 13.2 Å². The summed E-state index contributed by atoms with van der Waals surface area (Å²) < 4.78 is 6.17. The van der Waals surface area contributed by atoms with Crippen molar-refractivity contribution in [3.05, 3.63) is 47.5 Å². The van der Waals surface area contributed by atoms with Gasteiger partial charge in [-0.15, -0.1) is 11.3 Å². The number of carbonyl (C=O) groups is 2. The summed E-state index contributed by atoms with van der Waals surface area (Å²) in [4.78, 5) is 27.9. The number of nitriles is 1. The maximum atomic E-state index is 12.0. The predicted octanol–water partition coefficient (Wildman–Crippen LogP) is 2.27. The lowest BCUT2D eigenvalue weighted by Crippen LogP contribution is -2.37. The lowest BCUT2D eigenvalue weighted by atomic mass is 10.1. The molecule has 0 aliphatic carbocycles. The summed E-state index contributed by atoms with van der Waals surface area (Å²) in [6.07, 6.45) is 0.0999. The Morgan fingerprint density at radius 3 is 2.57 bits per heavy atom. The van der Waals surface area contributed by atoms with Crippen LogP contribution in [-0.2, 0) is 16.0 Å². The zero-order valence-corrected chi connectivity index (χ0v) is 16.0. The highest BCUT2D eigenvalue weighted by molar-refractivity contribution is 7.18. The monoisotopic (exact) mass is 394 g/mol. The number of thiazole rings is 1. The summed E-state index contributed by atoms with van der Waals surface area (Å²) in [5, 5.41) is 14.0. The van der Waals surface area contributed by atoms with Crippen LogP contribution in [0.5, 0.6) is 5.75 Å². The van der Waals surface area contributed by atoms with Crippen molar-refractivity contribution < 1.29 is 14.3 Å². The fourth-order valence-electron chi connectivity index (χ4n) is 2.59. The highest BCUT2D eigenvalue weighted by Gasteiger charge is 2.11. The molecule has 0 saturated carbocycles. The number of nitrogens with zero attached hydrogens (tertiary/aromatic N) is 2. The van der Waals surface area contributed by atoms with E-state index < -0.39 is 5.91 Å². The Morgan fingerprint density at radius 1 is 1.11 bits per heavy atom. The van der Waals surface area contributed by atoms with Crippen LogP contribution in [0.25, 0.3) is 21.3 Å². The number of hydrogen-bond donors (Lipinski definition) is 2. The van der Waals surface area contributed by atoms with Gasteiger partial charge in [0.1, 0.15) is 17.3 Å². The van der Waals surface area contributed by atoms with E-state index in [4.69, 9.17) is 10.00 Å². The van der Waals surface area contributed by atoms with Gasteiger partial charge in [0, 0.05) is 0 Å².